The molecule has 0 saturated carbocycles. The first-order valence-corrected chi connectivity index (χ1v) is 5.82. The van der Waals surface area contributed by atoms with E-state index in [1.54, 1.807) is 0 Å². The Morgan fingerprint density at radius 3 is 1.18 bits per heavy atom. The fourth-order valence-electron chi connectivity index (χ4n) is 1.48. The Labute approximate surface area is 104 Å². The van der Waals surface area contributed by atoms with Crippen LogP contribution in [0.1, 0.15) is 29.1 Å². The number of carboxylic acids is 2. The predicted molar refractivity (Wildman–Crippen MR) is 62.7 cm³/mol. The lowest BCUT2D eigenvalue weighted by molar-refractivity contribution is -0.921. The standard InChI is InChI=1S/C8H20N.C4H4O4/c1-5-9(6-2,7-3)8-4;5-3(6)1-2-4(7)8/h5-8H2,1-4H3;1-2H,(H,5,6)(H,7,8)/q+1;/p-1/b;2-1+. The molecule has 0 N–H and O–H groups in total. The summed E-state index contributed by atoms with van der Waals surface area (Å²) in [6.45, 7) is 14.2. The third-order valence-corrected chi connectivity index (χ3v) is 3.04. The average molecular weight is 245 g/mol. The molecule has 0 fully saturated rings. The topological polar surface area (TPSA) is 80.3 Å². The molecule has 17 heavy (non-hydrogen) atoms. The fraction of sp³-hybridized carbons (Fsp3) is 0.667. The molecule has 0 radical (unpaired) electrons. The highest BCUT2D eigenvalue weighted by atomic mass is 16.4. The third kappa shape index (κ3) is 9.56. The lowest BCUT2D eigenvalue weighted by atomic mass is 10.3. The van der Waals surface area contributed by atoms with Gasteiger partial charge in [0.1, 0.15) is 0 Å². The summed E-state index contributed by atoms with van der Waals surface area (Å²) < 4.78 is 1.28. The lowest BCUT2D eigenvalue weighted by Gasteiger charge is -2.34. The summed E-state index contributed by atoms with van der Waals surface area (Å²) >= 11 is 0. The molecule has 0 aliphatic carbocycles. The number of aliphatic carboxylic acids is 2. The molecule has 0 unspecified atom stereocenters. The van der Waals surface area contributed by atoms with Crippen molar-refractivity contribution in [1.29, 1.82) is 0 Å². The average Bonchev–Trinajstić information content (AvgIpc) is 2.31. The van der Waals surface area contributed by atoms with Gasteiger partial charge in [0.05, 0.1) is 38.1 Å². The van der Waals surface area contributed by atoms with Crippen LogP contribution in [0, 0.1) is 0 Å². The number of carbonyl (C=O) groups is 2. The Kier molecular flexibility index (Phi) is 10.4. The smallest absolute Gasteiger partial charge is 0.545 e. The molecule has 0 aromatic rings. The monoisotopic (exact) mass is 245 g/mol. The molecule has 0 atom stereocenters. The highest BCUT2D eigenvalue weighted by Gasteiger charge is 2.16. The molecule has 100 valence electrons. The Balaban J connectivity index is -0.000000238. The summed E-state index contributed by atoms with van der Waals surface area (Å²) in [5.41, 5.74) is 0. The number of rotatable bonds is 6. The van der Waals surface area contributed by atoms with Gasteiger partial charge in [-0.2, -0.15) is 0 Å². The summed E-state index contributed by atoms with van der Waals surface area (Å²) in [5.74, 6) is -3.09. The molecule has 5 nitrogen and oxygen atoms in total. The molecule has 0 rings (SSSR count). The Hall–Kier alpha value is -1.36. The summed E-state index contributed by atoms with van der Waals surface area (Å²) in [6, 6.07) is 0. The quantitative estimate of drug-likeness (QED) is 0.446. The summed E-state index contributed by atoms with van der Waals surface area (Å²) in [4.78, 5) is 18.8. The minimum atomic E-state index is -1.55. The number of carbonyl (C=O) groups excluding carboxylic acids is 2. The molecular weight excluding hydrogens is 222 g/mol. The van der Waals surface area contributed by atoms with Gasteiger partial charge in [-0.05, 0) is 39.8 Å². The van der Waals surface area contributed by atoms with Gasteiger partial charge in [0.25, 0.3) is 0 Å². The van der Waals surface area contributed by atoms with Crippen LogP contribution >= 0.6 is 0 Å². The number of quaternary nitrogens is 1. The zero-order valence-electron chi connectivity index (χ0n) is 12.1. The van der Waals surface area contributed by atoms with Gasteiger partial charge >= 0.3 is 1.43 Å². The molecule has 0 aliphatic rings. The van der Waals surface area contributed by atoms with Gasteiger partial charge in [-0.1, -0.05) is 0 Å². The van der Waals surface area contributed by atoms with Gasteiger partial charge < -0.3 is 24.3 Å². The van der Waals surface area contributed by atoms with Crippen LogP contribution < -0.4 is 10.2 Å². The van der Waals surface area contributed by atoms with Crippen molar-refractivity contribution in [2.45, 2.75) is 27.7 Å². The van der Waals surface area contributed by atoms with E-state index >= 15 is 0 Å². The van der Waals surface area contributed by atoms with Crippen LogP contribution in [0.3, 0.4) is 0 Å². The molecule has 0 amide bonds. The van der Waals surface area contributed by atoms with Crippen molar-refractivity contribution in [3.05, 3.63) is 12.2 Å². The SMILES string of the molecule is CC[N+](CC)(CC)CC.O=C([O-])/C=C/C(=O)[O-].[H+]. The molecule has 0 saturated heterocycles. The first kappa shape index (κ1) is 18.0. The van der Waals surface area contributed by atoms with Crippen molar-refractivity contribution in [3.63, 3.8) is 0 Å². The molecular formula is C12H23NO4. The first-order valence-electron chi connectivity index (χ1n) is 5.82. The van der Waals surface area contributed by atoms with Gasteiger partial charge in [-0.15, -0.1) is 0 Å². The van der Waals surface area contributed by atoms with Gasteiger partial charge in [-0.3, -0.25) is 0 Å². The second-order valence-corrected chi connectivity index (χ2v) is 3.58. The van der Waals surface area contributed by atoms with Crippen LogP contribution in [0.2, 0.25) is 0 Å². The normalized spacial score (nSPS) is 10.8. The van der Waals surface area contributed by atoms with Crippen molar-refractivity contribution in [1.82, 2.24) is 0 Å². The van der Waals surface area contributed by atoms with E-state index < -0.39 is 11.9 Å². The van der Waals surface area contributed by atoms with Gasteiger partial charge in [0.15, 0.2) is 0 Å². The van der Waals surface area contributed by atoms with E-state index in [1.165, 1.54) is 30.7 Å². The molecule has 0 aromatic carbocycles. The number of hydrogen-bond acceptors (Lipinski definition) is 4. The van der Waals surface area contributed by atoms with E-state index in [0.717, 1.165) is 0 Å². The summed E-state index contributed by atoms with van der Waals surface area (Å²) in [5, 5.41) is 18.8. The minimum absolute atomic E-state index is 0. The van der Waals surface area contributed by atoms with E-state index in [2.05, 4.69) is 27.7 Å². The van der Waals surface area contributed by atoms with Crippen LogP contribution in [0.4, 0.5) is 0 Å². The van der Waals surface area contributed by atoms with Gasteiger partial charge in [0, 0.05) is 0 Å². The van der Waals surface area contributed by atoms with Crippen molar-refractivity contribution in [2.75, 3.05) is 26.2 Å². The van der Waals surface area contributed by atoms with E-state index in [9.17, 15) is 19.8 Å². The summed E-state index contributed by atoms with van der Waals surface area (Å²) in [7, 11) is 0. The van der Waals surface area contributed by atoms with Gasteiger partial charge in [-0.25, -0.2) is 0 Å². The van der Waals surface area contributed by atoms with Crippen molar-refractivity contribution in [3.8, 4) is 0 Å². The van der Waals surface area contributed by atoms with Crippen LogP contribution in [0.15, 0.2) is 12.2 Å². The third-order valence-electron chi connectivity index (χ3n) is 3.04. The number of nitrogens with zero attached hydrogens (tertiary/aromatic N) is 1. The molecule has 0 aliphatic heterocycles. The fourth-order valence-corrected chi connectivity index (χ4v) is 1.48. The van der Waals surface area contributed by atoms with E-state index in [1.807, 2.05) is 0 Å². The molecule has 0 heterocycles. The maximum atomic E-state index is 9.41. The first-order chi connectivity index (χ1) is 7.87. The lowest BCUT2D eigenvalue weighted by Crippen LogP contribution is -2.47. The number of hydrogen-bond donors (Lipinski definition) is 0. The Bertz CT molecular complexity index is 229. The zero-order valence-corrected chi connectivity index (χ0v) is 11.1. The van der Waals surface area contributed by atoms with Crippen LogP contribution in [0.5, 0.6) is 0 Å². The van der Waals surface area contributed by atoms with Crippen LogP contribution in [-0.2, 0) is 9.59 Å². The van der Waals surface area contributed by atoms with Crippen molar-refractivity contribution < 1.29 is 25.7 Å². The zero-order chi connectivity index (χ0) is 13.9. The Morgan fingerprint density at radius 2 is 1.12 bits per heavy atom. The summed E-state index contributed by atoms with van der Waals surface area (Å²) in [6.07, 6.45) is 0.769. The second kappa shape index (κ2) is 9.84. The maximum Gasteiger partial charge on any atom is 1.00 e. The highest BCUT2D eigenvalue weighted by Crippen LogP contribution is 2.03. The molecule has 0 aromatic heterocycles. The molecule has 0 bridgehead atoms. The highest BCUT2D eigenvalue weighted by molar-refractivity contribution is 5.87. The maximum absolute atomic E-state index is 9.41. The molecule has 0 spiro atoms. The molecule has 5 heteroatoms. The van der Waals surface area contributed by atoms with Crippen LogP contribution in [0.25, 0.3) is 0 Å². The van der Waals surface area contributed by atoms with Crippen LogP contribution in [-0.4, -0.2) is 42.6 Å². The second-order valence-electron chi connectivity index (χ2n) is 3.58. The number of carboxylic acid groups (broad SMARTS) is 2. The minimum Gasteiger partial charge on any atom is -0.545 e. The Morgan fingerprint density at radius 1 is 0.882 bits per heavy atom. The van der Waals surface area contributed by atoms with Gasteiger partial charge in [0.2, 0.25) is 0 Å². The largest absolute Gasteiger partial charge is 1.00 e. The van der Waals surface area contributed by atoms with E-state index in [0.29, 0.717) is 12.2 Å². The van der Waals surface area contributed by atoms with Crippen molar-refractivity contribution >= 4 is 11.9 Å². The van der Waals surface area contributed by atoms with Crippen molar-refractivity contribution in [2.24, 2.45) is 0 Å². The predicted octanol–water partition coefficient (Wildman–Crippen LogP) is -0.962. The van der Waals surface area contributed by atoms with E-state index in [4.69, 9.17) is 0 Å². The van der Waals surface area contributed by atoms with E-state index in [-0.39, 0.29) is 1.43 Å².